The summed E-state index contributed by atoms with van der Waals surface area (Å²) in [5.74, 6) is -0.916. The predicted molar refractivity (Wildman–Crippen MR) is 97.6 cm³/mol. The average Bonchev–Trinajstić information content (AvgIpc) is 3.12. The highest BCUT2D eigenvalue weighted by Crippen LogP contribution is 2.24. The van der Waals surface area contributed by atoms with E-state index in [0.717, 1.165) is 4.68 Å². The van der Waals surface area contributed by atoms with Gasteiger partial charge in [-0.3, -0.25) is 29.1 Å². The fraction of sp³-hybridized carbons (Fsp3) is 0.500. The van der Waals surface area contributed by atoms with E-state index in [-0.39, 0.29) is 34.4 Å². The largest absolute Gasteiger partial charge is 0.350 e. The van der Waals surface area contributed by atoms with Gasteiger partial charge in [-0.05, 0) is 19.8 Å². The van der Waals surface area contributed by atoms with Crippen molar-refractivity contribution in [3.63, 3.8) is 0 Å². The van der Waals surface area contributed by atoms with E-state index in [0.29, 0.717) is 13.1 Å². The summed E-state index contributed by atoms with van der Waals surface area (Å²) in [6.45, 7) is 8.15. The summed E-state index contributed by atoms with van der Waals surface area (Å²) in [6, 6.07) is 0. The van der Waals surface area contributed by atoms with E-state index in [4.69, 9.17) is 0 Å². The van der Waals surface area contributed by atoms with Crippen LogP contribution in [-0.2, 0) is 13.6 Å². The average molecular weight is 377 g/mol. The Balaban J connectivity index is 2.35. The van der Waals surface area contributed by atoms with Crippen LogP contribution in [0.15, 0.2) is 6.20 Å². The van der Waals surface area contributed by atoms with Gasteiger partial charge in [0.15, 0.2) is 5.69 Å². The number of aromatic nitrogens is 4. The van der Waals surface area contributed by atoms with Crippen LogP contribution in [0.4, 0.5) is 11.4 Å². The van der Waals surface area contributed by atoms with Crippen molar-refractivity contribution in [3.8, 4) is 0 Å². The molecule has 0 saturated heterocycles. The lowest BCUT2D eigenvalue weighted by molar-refractivity contribution is -0.385. The van der Waals surface area contributed by atoms with Crippen molar-refractivity contribution in [1.29, 1.82) is 0 Å². The van der Waals surface area contributed by atoms with E-state index in [1.807, 2.05) is 20.8 Å². The number of nitro groups is 1. The van der Waals surface area contributed by atoms with Gasteiger partial charge in [0.2, 0.25) is 5.69 Å². The SMILES string of the molecule is CCn1cc(NC(=O)c2c([N+](=O)[O-])c(C)nn2C)c(C(=O)NCC(C)C)n1. The van der Waals surface area contributed by atoms with Gasteiger partial charge in [-0.1, -0.05) is 13.8 Å². The van der Waals surface area contributed by atoms with Crippen LogP contribution in [0.5, 0.6) is 0 Å². The van der Waals surface area contributed by atoms with Gasteiger partial charge in [0.05, 0.1) is 10.6 Å². The first-order chi connectivity index (χ1) is 12.6. The van der Waals surface area contributed by atoms with Gasteiger partial charge in [0.25, 0.3) is 11.8 Å². The van der Waals surface area contributed by atoms with Crippen LogP contribution in [0.3, 0.4) is 0 Å². The predicted octanol–water partition coefficient (Wildman–Crippen LogP) is 1.49. The van der Waals surface area contributed by atoms with Gasteiger partial charge in [-0.25, -0.2) is 0 Å². The molecule has 0 unspecified atom stereocenters. The molecule has 0 aliphatic rings. The molecule has 11 heteroatoms. The molecule has 0 bridgehead atoms. The zero-order valence-corrected chi connectivity index (χ0v) is 15.9. The van der Waals surface area contributed by atoms with Gasteiger partial charge >= 0.3 is 5.69 Å². The summed E-state index contributed by atoms with van der Waals surface area (Å²) >= 11 is 0. The van der Waals surface area contributed by atoms with Gasteiger partial charge < -0.3 is 10.6 Å². The maximum absolute atomic E-state index is 12.7. The van der Waals surface area contributed by atoms with Gasteiger partial charge in [-0.15, -0.1) is 0 Å². The second-order valence-electron chi connectivity index (χ2n) is 6.47. The zero-order valence-electron chi connectivity index (χ0n) is 15.9. The number of hydrogen-bond acceptors (Lipinski definition) is 6. The highest BCUT2D eigenvalue weighted by atomic mass is 16.6. The normalized spacial score (nSPS) is 10.9. The number of nitrogens with zero attached hydrogens (tertiary/aromatic N) is 5. The van der Waals surface area contributed by atoms with Crippen molar-refractivity contribution in [2.75, 3.05) is 11.9 Å². The van der Waals surface area contributed by atoms with E-state index >= 15 is 0 Å². The quantitative estimate of drug-likeness (QED) is 0.554. The third-order valence-corrected chi connectivity index (χ3v) is 3.81. The lowest BCUT2D eigenvalue weighted by atomic mass is 10.2. The molecule has 0 radical (unpaired) electrons. The zero-order chi connectivity index (χ0) is 20.3. The standard InChI is InChI=1S/C16H23N7O4/c1-6-22-8-11(12(20-22)15(24)17-7-9(2)3)18-16(25)14-13(23(26)27)10(4)19-21(14)5/h8-9H,6-7H2,1-5H3,(H,17,24)(H,18,25). The summed E-state index contributed by atoms with van der Waals surface area (Å²) in [6.07, 6.45) is 1.51. The first-order valence-electron chi connectivity index (χ1n) is 8.50. The summed E-state index contributed by atoms with van der Waals surface area (Å²) in [5.41, 5.74) is -0.213. The maximum atomic E-state index is 12.7. The molecule has 2 aromatic heterocycles. The van der Waals surface area contributed by atoms with Crippen molar-refractivity contribution in [1.82, 2.24) is 24.9 Å². The van der Waals surface area contributed by atoms with E-state index < -0.39 is 16.7 Å². The number of amides is 2. The Morgan fingerprint density at radius 1 is 1.30 bits per heavy atom. The molecule has 146 valence electrons. The molecule has 0 aromatic carbocycles. The number of carbonyl (C=O) groups is 2. The van der Waals surface area contributed by atoms with E-state index in [2.05, 4.69) is 20.8 Å². The molecule has 2 heterocycles. The third kappa shape index (κ3) is 4.30. The summed E-state index contributed by atoms with van der Waals surface area (Å²) in [7, 11) is 1.45. The fourth-order valence-electron chi connectivity index (χ4n) is 2.52. The van der Waals surface area contributed by atoms with Gasteiger partial charge in [0, 0.05) is 26.3 Å². The molecular formula is C16H23N7O4. The van der Waals surface area contributed by atoms with Crippen LogP contribution in [-0.4, -0.2) is 42.8 Å². The van der Waals surface area contributed by atoms with Crippen LogP contribution in [0.2, 0.25) is 0 Å². The lowest BCUT2D eigenvalue weighted by Crippen LogP contribution is -2.29. The first kappa shape index (κ1) is 20.1. The Morgan fingerprint density at radius 2 is 1.96 bits per heavy atom. The Morgan fingerprint density at radius 3 is 2.52 bits per heavy atom. The molecule has 27 heavy (non-hydrogen) atoms. The molecular weight excluding hydrogens is 354 g/mol. The number of carbonyl (C=O) groups excluding carboxylic acids is 2. The monoisotopic (exact) mass is 377 g/mol. The number of hydrogen-bond donors (Lipinski definition) is 2. The Kier molecular flexibility index (Phi) is 5.93. The van der Waals surface area contributed by atoms with Gasteiger partial charge in [0.1, 0.15) is 5.69 Å². The summed E-state index contributed by atoms with van der Waals surface area (Å²) < 4.78 is 2.65. The molecule has 0 aliphatic heterocycles. The van der Waals surface area contributed by atoms with Crippen molar-refractivity contribution in [3.05, 3.63) is 33.4 Å². The minimum Gasteiger partial charge on any atom is -0.350 e. The Bertz CT molecular complexity index is 882. The van der Waals surface area contributed by atoms with Crippen LogP contribution in [0, 0.1) is 23.0 Å². The molecule has 0 fully saturated rings. The molecule has 0 atom stereocenters. The fourth-order valence-corrected chi connectivity index (χ4v) is 2.52. The lowest BCUT2D eigenvalue weighted by Gasteiger charge is -2.08. The van der Waals surface area contributed by atoms with Crippen molar-refractivity contribution in [2.45, 2.75) is 34.2 Å². The number of rotatable bonds is 7. The summed E-state index contributed by atoms with van der Waals surface area (Å²) in [4.78, 5) is 35.7. The molecule has 2 aromatic rings. The second-order valence-corrected chi connectivity index (χ2v) is 6.47. The second kappa shape index (κ2) is 7.98. The maximum Gasteiger partial charge on any atom is 0.322 e. The molecule has 0 aliphatic carbocycles. The molecule has 0 saturated carbocycles. The van der Waals surface area contributed by atoms with E-state index in [1.165, 1.54) is 24.9 Å². The third-order valence-electron chi connectivity index (χ3n) is 3.81. The van der Waals surface area contributed by atoms with Crippen molar-refractivity contribution in [2.24, 2.45) is 13.0 Å². The Labute approximate surface area is 155 Å². The van der Waals surface area contributed by atoms with Crippen molar-refractivity contribution < 1.29 is 14.5 Å². The number of aryl methyl sites for hydroxylation is 3. The molecule has 2 rings (SSSR count). The topological polar surface area (TPSA) is 137 Å². The number of anilines is 1. The van der Waals surface area contributed by atoms with Gasteiger partial charge in [-0.2, -0.15) is 10.2 Å². The summed E-state index contributed by atoms with van der Waals surface area (Å²) in [5, 5.41) is 24.7. The smallest absolute Gasteiger partial charge is 0.322 e. The van der Waals surface area contributed by atoms with Crippen LogP contribution in [0.1, 0.15) is 47.4 Å². The highest BCUT2D eigenvalue weighted by Gasteiger charge is 2.30. The molecule has 0 spiro atoms. The van der Waals surface area contributed by atoms with Crippen LogP contribution >= 0.6 is 0 Å². The Hall–Kier alpha value is -3.24. The molecule has 2 N–H and O–H groups in total. The van der Waals surface area contributed by atoms with Crippen LogP contribution < -0.4 is 10.6 Å². The van der Waals surface area contributed by atoms with Crippen LogP contribution in [0.25, 0.3) is 0 Å². The minimum absolute atomic E-state index is 0.0485. The van der Waals surface area contributed by atoms with E-state index in [9.17, 15) is 19.7 Å². The highest BCUT2D eigenvalue weighted by molar-refractivity contribution is 6.09. The number of nitrogens with one attached hydrogen (secondary N) is 2. The first-order valence-corrected chi connectivity index (χ1v) is 8.50. The van der Waals surface area contributed by atoms with E-state index in [1.54, 1.807) is 0 Å². The molecule has 11 nitrogen and oxygen atoms in total. The minimum atomic E-state index is -0.738. The van der Waals surface area contributed by atoms with Crippen molar-refractivity contribution >= 4 is 23.2 Å². The molecule has 2 amide bonds.